The van der Waals surface area contributed by atoms with E-state index in [0.717, 1.165) is 22.1 Å². The number of amides is 2. The largest absolute Gasteiger partial charge is 0.342 e. The zero-order valence-corrected chi connectivity index (χ0v) is 12.7. The summed E-state index contributed by atoms with van der Waals surface area (Å²) < 4.78 is 0. The third-order valence-corrected chi connectivity index (χ3v) is 4.48. The average Bonchev–Trinajstić information content (AvgIpc) is 2.49. The van der Waals surface area contributed by atoms with Crippen molar-refractivity contribution in [3.63, 3.8) is 0 Å². The van der Waals surface area contributed by atoms with E-state index in [1.807, 2.05) is 29.2 Å². The summed E-state index contributed by atoms with van der Waals surface area (Å²) in [6, 6.07) is 7.62. The Bertz CT molecular complexity index is 459. The van der Waals surface area contributed by atoms with Gasteiger partial charge in [-0.25, -0.2) is 0 Å². The Morgan fingerprint density at radius 3 is 2.45 bits per heavy atom. The fourth-order valence-corrected chi connectivity index (χ4v) is 2.99. The molecule has 0 saturated carbocycles. The van der Waals surface area contributed by atoms with E-state index in [9.17, 15) is 9.59 Å². The highest BCUT2D eigenvalue weighted by atomic mass is 35.5. The summed E-state index contributed by atoms with van der Waals surface area (Å²) in [4.78, 5) is 27.3. The maximum Gasteiger partial charge on any atom is 0.223 e. The molecule has 108 valence electrons. The van der Waals surface area contributed by atoms with E-state index in [1.54, 1.807) is 16.7 Å². The van der Waals surface area contributed by atoms with Gasteiger partial charge >= 0.3 is 0 Å². The summed E-state index contributed by atoms with van der Waals surface area (Å²) in [7, 11) is 0. The van der Waals surface area contributed by atoms with Crippen molar-refractivity contribution in [1.82, 2.24) is 9.80 Å². The van der Waals surface area contributed by atoms with Gasteiger partial charge in [0.15, 0.2) is 0 Å². The molecule has 1 fully saturated rings. The van der Waals surface area contributed by atoms with Gasteiger partial charge < -0.3 is 9.80 Å². The molecule has 0 spiro atoms. The van der Waals surface area contributed by atoms with Crippen LogP contribution in [0.2, 0.25) is 5.02 Å². The van der Waals surface area contributed by atoms with Crippen molar-refractivity contribution < 1.29 is 9.59 Å². The quantitative estimate of drug-likeness (QED) is 0.618. The first-order valence-corrected chi connectivity index (χ1v) is 7.91. The number of rotatable bonds is 5. The van der Waals surface area contributed by atoms with Crippen molar-refractivity contribution in [2.45, 2.75) is 11.3 Å². The Kier molecular flexibility index (Phi) is 5.73. The Morgan fingerprint density at radius 2 is 1.85 bits per heavy atom. The summed E-state index contributed by atoms with van der Waals surface area (Å²) in [5.74, 6) is 0.922. The molecule has 20 heavy (non-hydrogen) atoms. The highest BCUT2D eigenvalue weighted by molar-refractivity contribution is 7.99. The molecule has 1 aromatic rings. The molecule has 2 rings (SSSR count). The van der Waals surface area contributed by atoms with E-state index in [0.29, 0.717) is 32.6 Å². The Labute approximate surface area is 128 Å². The molecule has 0 N–H and O–H groups in total. The van der Waals surface area contributed by atoms with E-state index in [1.165, 1.54) is 0 Å². The first-order valence-electron chi connectivity index (χ1n) is 6.54. The molecule has 1 aliphatic rings. The number of carbonyl (C=O) groups excluding carboxylic acids is 2. The van der Waals surface area contributed by atoms with Crippen molar-refractivity contribution in [1.29, 1.82) is 0 Å². The molecular formula is C14H17ClN2O2S. The van der Waals surface area contributed by atoms with Crippen molar-refractivity contribution in [3.8, 4) is 0 Å². The fraction of sp³-hybridized carbons (Fsp3) is 0.429. The van der Waals surface area contributed by atoms with Gasteiger partial charge in [0.1, 0.15) is 0 Å². The molecule has 0 aromatic heterocycles. The maximum atomic E-state index is 12.0. The van der Waals surface area contributed by atoms with Gasteiger partial charge in [-0.2, -0.15) is 0 Å². The third kappa shape index (κ3) is 4.42. The van der Waals surface area contributed by atoms with Gasteiger partial charge in [0.05, 0.1) is 0 Å². The molecule has 1 saturated heterocycles. The zero-order chi connectivity index (χ0) is 14.4. The summed E-state index contributed by atoms with van der Waals surface area (Å²) in [5, 5.41) is 0.721. The zero-order valence-electron chi connectivity index (χ0n) is 11.1. The Balaban J connectivity index is 1.70. The SMILES string of the molecule is O=CN1CCN(C(=O)CCSc2ccc(Cl)cc2)CC1. The molecule has 6 heteroatoms. The second-order valence-electron chi connectivity index (χ2n) is 4.57. The van der Waals surface area contributed by atoms with Crippen LogP contribution in [0.15, 0.2) is 29.2 Å². The summed E-state index contributed by atoms with van der Waals surface area (Å²) in [6.45, 7) is 2.56. The van der Waals surface area contributed by atoms with Gasteiger partial charge in [-0.3, -0.25) is 9.59 Å². The standard InChI is InChI=1S/C14H17ClN2O2S/c15-12-1-3-13(4-2-12)20-10-5-14(19)17-8-6-16(11-18)7-9-17/h1-4,11H,5-10H2. The first kappa shape index (κ1) is 15.2. The summed E-state index contributed by atoms with van der Waals surface area (Å²) in [6.07, 6.45) is 1.37. The summed E-state index contributed by atoms with van der Waals surface area (Å²) >= 11 is 7.48. The van der Waals surface area contributed by atoms with Crippen LogP contribution in [0.5, 0.6) is 0 Å². The Hall–Kier alpha value is -1.20. The van der Waals surface area contributed by atoms with Gasteiger partial charge in [0.25, 0.3) is 0 Å². The lowest BCUT2D eigenvalue weighted by molar-refractivity contribution is -0.134. The number of halogens is 1. The molecule has 0 aliphatic carbocycles. The van der Waals surface area contributed by atoms with E-state index < -0.39 is 0 Å². The van der Waals surface area contributed by atoms with E-state index in [-0.39, 0.29) is 5.91 Å². The van der Waals surface area contributed by atoms with Gasteiger partial charge in [0.2, 0.25) is 12.3 Å². The lowest BCUT2D eigenvalue weighted by Gasteiger charge is -2.32. The minimum atomic E-state index is 0.164. The molecular weight excluding hydrogens is 296 g/mol. The van der Waals surface area contributed by atoms with Crippen molar-refractivity contribution in [2.75, 3.05) is 31.9 Å². The van der Waals surface area contributed by atoms with Crippen LogP contribution < -0.4 is 0 Å². The van der Waals surface area contributed by atoms with Gasteiger partial charge in [-0.05, 0) is 24.3 Å². The molecule has 4 nitrogen and oxygen atoms in total. The highest BCUT2D eigenvalue weighted by Gasteiger charge is 2.19. The van der Waals surface area contributed by atoms with Crippen LogP contribution in [0.4, 0.5) is 0 Å². The monoisotopic (exact) mass is 312 g/mol. The third-order valence-electron chi connectivity index (χ3n) is 3.21. The highest BCUT2D eigenvalue weighted by Crippen LogP contribution is 2.21. The number of hydrogen-bond donors (Lipinski definition) is 0. The minimum absolute atomic E-state index is 0.164. The molecule has 0 unspecified atom stereocenters. The van der Waals surface area contributed by atoms with E-state index in [2.05, 4.69) is 0 Å². The number of piperazine rings is 1. The van der Waals surface area contributed by atoms with E-state index >= 15 is 0 Å². The molecule has 1 aliphatic heterocycles. The lowest BCUT2D eigenvalue weighted by Crippen LogP contribution is -2.48. The van der Waals surface area contributed by atoms with Crippen LogP contribution >= 0.6 is 23.4 Å². The van der Waals surface area contributed by atoms with Gasteiger partial charge in [0, 0.05) is 48.3 Å². The van der Waals surface area contributed by atoms with Crippen LogP contribution in [-0.4, -0.2) is 54.0 Å². The van der Waals surface area contributed by atoms with Gasteiger partial charge in [-0.1, -0.05) is 11.6 Å². The second-order valence-corrected chi connectivity index (χ2v) is 6.18. The number of hydrogen-bond acceptors (Lipinski definition) is 3. The molecule has 2 amide bonds. The van der Waals surface area contributed by atoms with Gasteiger partial charge in [-0.15, -0.1) is 11.8 Å². The van der Waals surface area contributed by atoms with Crippen molar-refractivity contribution in [3.05, 3.63) is 29.3 Å². The van der Waals surface area contributed by atoms with Crippen molar-refractivity contribution in [2.24, 2.45) is 0 Å². The molecule has 0 bridgehead atoms. The lowest BCUT2D eigenvalue weighted by atomic mass is 10.3. The fourth-order valence-electron chi connectivity index (χ4n) is 2.02. The predicted molar refractivity (Wildman–Crippen MR) is 81.0 cm³/mol. The maximum absolute atomic E-state index is 12.0. The second kappa shape index (κ2) is 7.55. The summed E-state index contributed by atoms with van der Waals surface area (Å²) in [5.41, 5.74) is 0. The molecule has 0 atom stereocenters. The average molecular weight is 313 g/mol. The van der Waals surface area contributed by atoms with Crippen LogP contribution in [-0.2, 0) is 9.59 Å². The molecule has 0 radical (unpaired) electrons. The minimum Gasteiger partial charge on any atom is -0.342 e. The molecule has 1 heterocycles. The molecule has 1 aromatic carbocycles. The van der Waals surface area contributed by atoms with Crippen LogP contribution in [0.3, 0.4) is 0 Å². The van der Waals surface area contributed by atoms with Crippen LogP contribution in [0, 0.1) is 0 Å². The number of carbonyl (C=O) groups is 2. The van der Waals surface area contributed by atoms with Crippen LogP contribution in [0.1, 0.15) is 6.42 Å². The van der Waals surface area contributed by atoms with E-state index in [4.69, 9.17) is 11.6 Å². The smallest absolute Gasteiger partial charge is 0.223 e. The van der Waals surface area contributed by atoms with Crippen LogP contribution in [0.25, 0.3) is 0 Å². The Morgan fingerprint density at radius 1 is 1.20 bits per heavy atom. The normalized spacial score (nSPS) is 15.2. The topological polar surface area (TPSA) is 40.6 Å². The predicted octanol–water partition coefficient (Wildman–Crippen LogP) is 2.12. The number of benzene rings is 1. The van der Waals surface area contributed by atoms with Crippen molar-refractivity contribution >= 4 is 35.7 Å². The first-order chi connectivity index (χ1) is 9.69. The number of nitrogens with zero attached hydrogens (tertiary/aromatic N) is 2. The number of thioether (sulfide) groups is 1.